The highest BCUT2D eigenvalue weighted by Gasteiger charge is 2.34. The number of benzene rings is 2. The highest BCUT2D eigenvalue weighted by Crippen LogP contribution is 2.35. The first-order chi connectivity index (χ1) is 12.8. The first-order valence-electron chi connectivity index (χ1n) is 7.90. The molecule has 0 unspecified atom stereocenters. The van der Waals surface area contributed by atoms with E-state index in [9.17, 15) is 18.0 Å². The van der Waals surface area contributed by atoms with Gasteiger partial charge in [0.15, 0.2) is 5.78 Å². The maximum atomic E-state index is 13.2. The molecule has 0 spiro atoms. The van der Waals surface area contributed by atoms with Gasteiger partial charge in [-0.1, -0.05) is 41.4 Å². The van der Waals surface area contributed by atoms with Gasteiger partial charge in [0.05, 0.1) is 29.2 Å². The summed E-state index contributed by atoms with van der Waals surface area (Å²) in [6.45, 7) is -0.158. The van der Waals surface area contributed by atoms with Gasteiger partial charge < -0.3 is 0 Å². The fourth-order valence-electron chi connectivity index (χ4n) is 2.68. The van der Waals surface area contributed by atoms with Crippen molar-refractivity contribution in [1.29, 1.82) is 0 Å². The van der Waals surface area contributed by atoms with Crippen molar-refractivity contribution < 1.29 is 18.0 Å². The Hall–Kier alpha value is -2.31. The molecule has 0 bridgehead atoms. The summed E-state index contributed by atoms with van der Waals surface area (Å²) in [6.07, 6.45) is -3.01. The topological polar surface area (TPSA) is 34.9 Å². The van der Waals surface area contributed by atoms with Gasteiger partial charge >= 0.3 is 6.18 Å². The van der Waals surface area contributed by atoms with Crippen LogP contribution < -0.4 is 0 Å². The van der Waals surface area contributed by atoms with Gasteiger partial charge in [0.25, 0.3) is 0 Å². The summed E-state index contributed by atoms with van der Waals surface area (Å²) in [5.41, 5.74) is -0.0716. The number of hydrogen-bond acceptors (Lipinski definition) is 2. The van der Waals surface area contributed by atoms with Gasteiger partial charge in [-0.05, 0) is 30.3 Å². The number of alkyl halides is 3. The van der Waals surface area contributed by atoms with E-state index in [-0.39, 0.29) is 29.3 Å². The molecule has 2 aromatic carbocycles. The number of Topliss-reactive ketones (excluding diaryl/α,β-unsaturated/α-hetero) is 1. The minimum Gasteiger partial charge on any atom is -0.294 e. The lowest BCUT2D eigenvalue weighted by Crippen LogP contribution is -2.13. The van der Waals surface area contributed by atoms with Crippen LogP contribution in [-0.4, -0.2) is 15.6 Å². The molecule has 1 aromatic heterocycles. The number of aromatic nitrogens is 2. The Labute approximate surface area is 163 Å². The molecule has 0 aliphatic carbocycles. The van der Waals surface area contributed by atoms with E-state index < -0.39 is 11.7 Å². The molecule has 3 nitrogen and oxygen atoms in total. The van der Waals surface area contributed by atoms with Crippen molar-refractivity contribution >= 4 is 29.0 Å². The molecule has 1 heterocycles. The molecule has 3 aromatic rings. The third-order valence-electron chi connectivity index (χ3n) is 3.96. The van der Waals surface area contributed by atoms with E-state index in [2.05, 4.69) is 5.10 Å². The highest BCUT2D eigenvalue weighted by molar-refractivity contribution is 6.34. The summed E-state index contributed by atoms with van der Waals surface area (Å²) in [5.74, 6) is -0.223. The minimum atomic E-state index is -4.52. The number of rotatable bonds is 5. The first-order valence-corrected chi connectivity index (χ1v) is 8.66. The molecule has 0 N–H and O–H groups in total. The smallest absolute Gasteiger partial charge is 0.294 e. The van der Waals surface area contributed by atoms with Crippen LogP contribution >= 0.6 is 23.2 Å². The van der Waals surface area contributed by atoms with Crippen LogP contribution in [0.1, 0.15) is 27.2 Å². The Morgan fingerprint density at radius 3 is 2.41 bits per heavy atom. The molecule has 27 heavy (non-hydrogen) atoms. The fourth-order valence-corrected chi connectivity index (χ4v) is 3.16. The average molecular weight is 413 g/mol. The van der Waals surface area contributed by atoms with E-state index in [4.69, 9.17) is 23.2 Å². The lowest BCUT2D eigenvalue weighted by Gasteiger charge is -2.14. The molecule has 0 amide bonds. The van der Waals surface area contributed by atoms with Crippen LogP contribution in [0.15, 0.2) is 54.7 Å². The SMILES string of the molecule is O=C(Cc1ccn(Cc2c(Cl)cccc2C(F)(F)F)n1)c1ccccc1Cl. The Morgan fingerprint density at radius 1 is 1.00 bits per heavy atom. The minimum absolute atomic E-state index is 0.00835. The lowest BCUT2D eigenvalue weighted by atomic mass is 10.1. The van der Waals surface area contributed by atoms with Gasteiger partial charge in [0, 0.05) is 22.3 Å². The predicted molar refractivity (Wildman–Crippen MR) is 97.3 cm³/mol. The molecule has 8 heteroatoms. The predicted octanol–water partition coefficient (Wildman–Crippen LogP) is 5.68. The maximum Gasteiger partial charge on any atom is 0.416 e. The van der Waals surface area contributed by atoms with Gasteiger partial charge in [0.1, 0.15) is 0 Å². The summed E-state index contributed by atoms with van der Waals surface area (Å²) in [7, 11) is 0. The van der Waals surface area contributed by atoms with Crippen LogP contribution in [0.3, 0.4) is 0 Å². The molecule has 0 radical (unpaired) electrons. The van der Waals surface area contributed by atoms with Gasteiger partial charge in [-0.15, -0.1) is 0 Å². The van der Waals surface area contributed by atoms with Crippen LogP contribution in [0, 0.1) is 0 Å². The Balaban J connectivity index is 1.80. The Bertz CT molecular complexity index is 983. The third kappa shape index (κ3) is 4.51. The molecule has 140 valence electrons. The largest absolute Gasteiger partial charge is 0.416 e. The van der Waals surface area contributed by atoms with Crippen molar-refractivity contribution in [2.24, 2.45) is 0 Å². The zero-order chi connectivity index (χ0) is 19.6. The van der Waals surface area contributed by atoms with Gasteiger partial charge in [-0.3, -0.25) is 9.48 Å². The average Bonchev–Trinajstić information content (AvgIpc) is 3.03. The standard InChI is InChI=1S/C19H13Cl2F3N2O/c20-16-6-2-1-4-13(16)18(27)10-12-8-9-26(25-12)11-14-15(19(22,23)24)5-3-7-17(14)21/h1-9H,10-11H2. The van der Waals surface area contributed by atoms with Crippen molar-refractivity contribution in [2.45, 2.75) is 19.1 Å². The van der Waals surface area contributed by atoms with Crippen molar-refractivity contribution in [1.82, 2.24) is 9.78 Å². The second-order valence-electron chi connectivity index (χ2n) is 5.85. The third-order valence-corrected chi connectivity index (χ3v) is 4.64. The number of carbonyl (C=O) groups excluding carboxylic acids is 1. The van der Waals surface area contributed by atoms with Crippen LogP contribution in [0.2, 0.25) is 10.0 Å². The number of ketones is 1. The summed E-state index contributed by atoms with van der Waals surface area (Å²) in [5, 5.41) is 4.54. The van der Waals surface area contributed by atoms with E-state index in [0.29, 0.717) is 16.3 Å². The van der Waals surface area contributed by atoms with Gasteiger partial charge in [-0.25, -0.2) is 0 Å². The molecular formula is C19H13Cl2F3N2O. The molecule has 0 aliphatic rings. The summed E-state index contributed by atoms with van der Waals surface area (Å²) in [6, 6.07) is 11.9. The fraction of sp³-hybridized carbons (Fsp3) is 0.158. The van der Waals surface area contributed by atoms with E-state index in [1.165, 1.54) is 23.0 Å². The number of nitrogens with zero attached hydrogens (tertiary/aromatic N) is 2. The number of halogens is 5. The van der Waals surface area contributed by atoms with E-state index in [0.717, 1.165) is 6.07 Å². The van der Waals surface area contributed by atoms with Crippen molar-refractivity contribution in [3.63, 3.8) is 0 Å². The van der Waals surface area contributed by atoms with Crippen molar-refractivity contribution in [3.05, 3.63) is 87.2 Å². The number of carbonyl (C=O) groups is 1. The summed E-state index contributed by atoms with van der Waals surface area (Å²) >= 11 is 12.0. The normalized spacial score (nSPS) is 11.6. The second kappa shape index (κ2) is 7.74. The molecule has 0 saturated carbocycles. The van der Waals surface area contributed by atoms with E-state index >= 15 is 0 Å². The Kier molecular flexibility index (Phi) is 5.58. The molecule has 0 fully saturated rings. The quantitative estimate of drug-likeness (QED) is 0.505. The van der Waals surface area contributed by atoms with Gasteiger partial charge in [0.2, 0.25) is 0 Å². The van der Waals surface area contributed by atoms with Crippen molar-refractivity contribution in [3.8, 4) is 0 Å². The molecule has 0 saturated heterocycles. The maximum absolute atomic E-state index is 13.2. The summed E-state index contributed by atoms with van der Waals surface area (Å²) in [4.78, 5) is 12.3. The van der Waals surface area contributed by atoms with Crippen LogP contribution in [0.25, 0.3) is 0 Å². The van der Waals surface area contributed by atoms with E-state index in [1.807, 2.05) is 0 Å². The summed E-state index contributed by atoms with van der Waals surface area (Å²) < 4.78 is 40.9. The van der Waals surface area contributed by atoms with Crippen molar-refractivity contribution in [2.75, 3.05) is 0 Å². The Morgan fingerprint density at radius 2 is 1.70 bits per heavy atom. The molecular weight excluding hydrogens is 400 g/mol. The van der Waals surface area contributed by atoms with Crippen LogP contribution in [0.4, 0.5) is 13.2 Å². The van der Waals surface area contributed by atoms with Crippen LogP contribution in [-0.2, 0) is 19.1 Å². The van der Waals surface area contributed by atoms with Gasteiger partial charge in [-0.2, -0.15) is 18.3 Å². The van der Waals surface area contributed by atoms with E-state index in [1.54, 1.807) is 30.3 Å². The molecule has 0 aliphatic heterocycles. The monoisotopic (exact) mass is 412 g/mol. The molecule has 3 rings (SSSR count). The van der Waals surface area contributed by atoms with Crippen LogP contribution in [0.5, 0.6) is 0 Å². The molecule has 0 atom stereocenters. The first kappa shape index (κ1) is 19.5. The zero-order valence-electron chi connectivity index (χ0n) is 13.8. The zero-order valence-corrected chi connectivity index (χ0v) is 15.3. The number of hydrogen-bond donors (Lipinski definition) is 0. The lowest BCUT2D eigenvalue weighted by molar-refractivity contribution is -0.138. The second-order valence-corrected chi connectivity index (χ2v) is 6.66. The highest BCUT2D eigenvalue weighted by atomic mass is 35.5.